The molecule has 0 spiro atoms. The summed E-state index contributed by atoms with van der Waals surface area (Å²) in [5, 5.41) is 3.72. The Morgan fingerprint density at radius 2 is 2.33 bits per heavy atom. The van der Waals surface area contributed by atoms with E-state index in [2.05, 4.69) is 10.3 Å². The van der Waals surface area contributed by atoms with Crippen molar-refractivity contribution in [1.82, 2.24) is 4.98 Å². The van der Waals surface area contributed by atoms with E-state index in [-0.39, 0.29) is 5.75 Å². The molecule has 1 aromatic carbocycles. The lowest BCUT2D eigenvalue weighted by Crippen LogP contribution is -1.96. The van der Waals surface area contributed by atoms with Crippen LogP contribution < -0.4 is 15.8 Å². The fourth-order valence-electron chi connectivity index (χ4n) is 1.43. The van der Waals surface area contributed by atoms with E-state index in [1.54, 1.807) is 18.3 Å². The van der Waals surface area contributed by atoms with E-state index in [9.17, 15) is 4.39 Å². The Kier molecular flexibility index (Phi) is 4.11. The van der Waals surface area contributed by atoms with Gasteiger partial charge in [-0.3, -0.25) is 0 Å². The number of nitrogens with two attached hydrogens (primary N) is 1. The van der Waals surface area contributed by atoms with Gasteiger partial charge in [0.05, 0.1) is 6.61 Å². The number of benzene rings is 1. The second kappa shape index (κ2) is 5.79. The van der Waals surface area contributed by atoms with Crippen LogP contribution in [-0.2, 0) is 6.54 Å². The van der Waals surface area contributed by atoms with Crippen LogP contribution in [0.5, 0.6) is 5.75 Å². The van der Waals surface area contributed by atoms with Crippen molar-refractivity contribution < 1.29 is 9.13 Å². The first-order valence-electron chi connectivity index (χ1n) is 5.57. The molecule has 0 unspecified atom stereocenters. The summed E-state index contributed by atoms with van der Waals surface area (Å²) in [5.74, 6) is -0.137. The number of ether oxygens (including phenoxy) is 1. The SMILES string of the molecule is CCOc1ccc(Nc2ncc(CN)s2)cc1F. The van der Waals surface area contributed by atoms with Gasteiger partial charge >= 0.3 is 0 Å². The molecule has 0 radical (unpaired) electrons. The Morgan fingerprint density at radius 1 is 1.50 bits per heavy atom. The van der Waals surface area contributed by atoms with Crippen molar-refractivity contribution in [2.45, 2.75) is 13.5 Å². The van der Waals surface area contributed by atoms with E-state index in [4.69, 9.17) is 10.5 Å². The first kappa shape index (κ1) is 12.8. The molecule has 2 rings (SSSR count). The summed E-state index contributed by atoms with van der Waals surface area (Å²) in [7, 11) is 0. The van der Waals surface area contributed by atoms with Gasteiger partial charge in [-0.15, -0.1) is 11.3 Å². The molecule has 0 atom stereocenters. The summed E-state index contributed by atoms with van der Waals surface area (Å²) < 4.78 is 18.7. The number of anilines is 2. The number of nitrogens with one attached hydrogen (secondary N) is 1. The van der Waals surface area contributed by atoms with E-state index in [0.717, 1.165) is 4.88 Å². The fourth-order valence-corrected chi connectivity index (χ4v) is 2.15. The minimum absolute atomic E-state index is 0.254. The third-order valence-electron chi connectivity index (χ3n) is 2.24. The number of nitrogens with zero attached hydrogens (tertiary/aromatic N) is 1. The molecule has 4 nitrogen and oxygen atoms in total. The second-order valence-corrected chi connectivity index (χ2v) is 4.65. The Balaban J connectivity index is 2.12. The van der Waals surface area contributed by atoms with Crippen LogP contribution >= 0.6 is 11.3 Å². The number of thiazole rings is 1. The minimum Gasteiger partial charge on any atom is -0.491 e. The quantitative estimate of drug-likeness (QED) is 0.874. The first-order valence-corrected chi connectivity index (χ1v) is 6.38. The fraction of sp³-hybridized carbons (Fsp3) is 0.250. The average Bonchev–Trinajstić information content (AvgIpc) is 2.80. The van der Waals surface area contributed by atoms with E-state index >= 15 is 0 Å². The summed E-state index contributed by atoms with van der Waals surface area (Å²) in [4.78, 5) is 5.12. The number of halogens is 1. The number of rotatable bonds is 5. The van der Waals surface area contributed by atoms with Gasteiger partial charge in [-0.2, -0.15) is 0 Å². The van der Waals surface area contributed by atoms with Crippen molar-refractivity contribution in [1.29, 1.82) is 0 Å². The third-order valence-corrected chi connectivity index (χ3v) is 3.17. The predicted molar refractivity (Wildman–Crippen MR) is 70.9 cm³/mol. The zero-order chi connectivity index (χ0) is 13.0. The van der Waals surface area contributed by atoms with Crippen LogP contribution in [0.4, 0.5) is 15.2 Å². The lowest BCUT2D eigenvalue weighted by molar-refractivity contribution is 0.321. The summed E-state index contributed by atoms with van der Waals surface area (Å²) >= 11 is 1.45. The molecule has 0 amide bonds. The molecule has 1 aromatic heterocycles. The Morgan fingerprint density at radius 3 is 2.94 bits per heavy atom. The van der Waals surface area contributed by atoms with Gasteiger partial charge in [0, 0.05) is 29.4 Å². The highest BCUT2D eigenvalue weighted by atomic mass is 32.1. The topological polar surface area (TPSA) is 60.2 Å². The number of hydrogen-bond donors (Lipinski definition) is 2. The maximum absolute atomic E-state index is 13.6. The van der Waals surface area contributed by atoms with Crippen molar-refractivity contribution in [2.24, 2.45) is 5.73 Å². The van der Waals surface area contributed by atoms with Gasteiger partial charge in [-0.05, 0) is 19.1 Å². The molecule has 0 saturated carbocycles. The van der Waals surface area contributed by atoms with Crippen molar-refractivity contribution in [3.63, 3.8) is 0 Å². The summed E-state index contributed by atoms with van der Waals surface area (Å²) in [6.45, 7) is 2.71. The zero-order valence-corrected chi connectivity index (χ0v) is 10.8. The molecule has 18 heavy (non-hydrogen) atoms. The highest BCUT2D eigenvalue weighted by molar-refractivity contribution is 7.15. The molecular formula is C12H14FN3OS. The molecule has 0 aliphatic heterocycles. The van der Waals surface area contributed by atoms with Crippen LogP contribution in [0.15, 0.2) is 24.4 Å². The lowest BCUT2D eigenvalue weighted by Gasteiger charge is -2.07. The lowest BCUT2D eigenvalue weighted by atomic mass is 10.3. The molecule has 0 aliphatic carbocycles. The Hall–Kier alpha value is -1.66. The molecule has 0 fully saturated rings. The average molecular weight is 267 g/mol. The highest BCUT2D eigenvalue weighted by Gasteiger charge is 2.06. The van der Waals surface area contributed by atoms with Gasteiger partial charge in [0.2, 0.25) is 0 Å². The van der Waals surface area contributed by atoms with Crippen molar-refractivity contribution in [3.05, 3.63) is 35.1 Å². The minimum atomic E-state index is -0.391. The van der Waals surface area contributed by atoms with Crippen LogP contribution in [0.25, 0.3) is 0 Å². The first-order chi connectivity index (χ1) is 8.72. The molecule has 0 saturated heterocycles. The van der Waals surface area contributed by atoms with Gasteiger partial charge < -0.3 is 15.8 Å². The Labute approximate surface area is 109 Å². The van der Waals surface area contributed by atoms with Crippen LogP contribution in [0.2, 0.25) is 0 Å². The summed E-state index contributed by atoms with van der Waals surface area (Å²) in [5.41, 5.74) is 6.13. The smallest absolute Gasteiger partial charge is 0.187 e. The second-order valence-electron chi connectivity index (χ2n) is 3.54. The summed E-state index contributed by atoms with van der Waals surface area (Å²) in [6.07, 6.45) is 1.71. The van der Waals surface area contributed by atoms with Crippen LogP contribution in [0, 0.1) is 5.82 Å². The molecule has 96 valence electrons. The van der Waals surface area contributed by atoms with Crippen molar-refractivity contribution in [2.75, 3.05) is 11.9 Å². The highest BCUT2D eigenvalue weighted by Crippen LogP contribution is 2.26. The van der Waals surface area contributed by atoms with Gasteiger partial charge in [0.1, 0.15) is 0 Å². The molecule has 2 aromatic rings. The van der Waals surface area contributed by atoms with Crippen LogP contribution in [-0.4, -0.2) is 11.6 Å². The van der Waals surface area contributed by atoms with E-state index in [1.807, 2.05) is 6.92 Å². The molecule has 0 bridgehead atoms. The summed E-state index contributed by atoms with van der Waals surface area (Å²) in [6, 6.07) is 4.73. The van der Waals surface area contributed by atoms with Gasteiger partial charge in [-0.25, -0.2) is 9.37 Å². The van der Waals surface area contributed by atoms with Crippen molar-refractivity contribution >= 4 is 22.2 Å². The van der Waals surface area contributed by atoms with E-state index in [1.165, 1.54) is 17.4 Å². The van der Waals surface area contributed by atoms with Crippen LogP contribution in [0.1, 0.15) is 11.8 Å². The number of hydrogen-bond acceptors (Lipinski definition) is 5. The predicted octanol–water partition coefficient (Wildman–Crippen LogP) is 2.88. The molecule has 6 heteroatoms. The molecule has 3 N–H and O–H groups in total. The maximum Gasteiger partial charge on any atom is 0.187 e. The molecule has 1 heterocycles. The van der Waals surface area contributed by atoms with Gasteiger partial charge in [0.25, 0.3) is 0 Å². The standard InChI is InChI=1S/C12H14FN3OS/c1-2-17-11-4-3-8(5-10(11)13)16-12-15-7-9(6-14)18-12/h3-5,7H,2,6,14H2,1H3,(H,15,16). The third kappa shape index (κ3) is 2.96. The Bertz CT molecular complexity index is 530. The largest absolute Gasteiger partial charge is 0.491 e. The normalized spacial score (nSPS) is 10.4. The van der Waals surface area contributed by atoms with Gasteiger partial charge in [-0.1, -0.05) is 0 Å². The number of aromatic nitrogens is 1. The monoisotopic (exact) mass is 267 g/mol. The zero-order valence-electron chi connectivity index (χ0n) is 9.94. The van der Waals surface area contributed by atoms with Crippen molar-refractivity contribution in [3.8, 4) is 5.75 Å². The molecule has 0 aliphatic rings. The maximum atomic E-state index is 13.6. The van der Waals surface area contributed by atoms with E-state index in [0.29, 0.717) is 24.0 Å². The van der Waals surface area contributed by atoms with Gasteiger partial charge in [0.15, 0.2) is 16.7 Å². The van der Waals surface area contributed by atoms with E-state index < -0.39 is 5.82 Å². The molecular weight excluding hydrogens is 253 g/mol. The van der Waals surface area contributed by atoms with Crippen LogP contribution in [0.3, 0.4) is 0 Å².